The Kier molecular flexibility index (Phi) is 5.00. The molecule has 3 aromatic rings. The van der Waals surface area contributed by atoms with Gasteiger partial charge in [-0.05, 0) is 30.7 Å². The Morgan fingerprint density at radius 3 is 2.68 bits per heavy atom. The smallest absolute Gasteiger partial charge is 0.242 e. The zero-order valence-corrected chi connectivity index (χ0v) is 14.2. The number of carbonyl (C=O) groups is 1. The minimum absolute atomic E-state index is 0.104. The number of carbonyl (C=O) groups excluding carboxylic acids is 1. The van der Waals surface area contributed by atoms with Crippen molar-refractivity contribution < 1.29 is 14.6 Å². The van der Waals surface area contributed by atoms with Gasteiger partial charge in [0.1, 0.15) is 12.3 Å². The van der Waals surface area contributed by atoms with Crippen molar-refractivity contribution in [1.29, 1.82) is 0 Å². The van der Waals surface area contributed by atoms with Crippen LogP contribution in [0.25, 0.3) is 10.9 Å². The van der Waals surface area contributed by atoms with E-state index in [0.717, 1.165) is 22.2 Å². The van der Waals surface area contributed by atoms with Crippen LogP contribution in [-0.4, -0.2) is 33.9 Å². The van der Waals surface area contributed by atoms with Crippen molar-refractivity contribution in [2.24, 2.45) is 0 Å². The first-order valence-corrected chi connectivity index (χ1v) is 8.10. The number of amides is 1. The minimum Gasteiger partial charge on any atom is -0.497 e. The Bertz CT molecular complexity index is 858. The normalized spacial score (nSPS) is 13.4. The Hall–Kier alpha value is -2.86. The predicted molar refractivity (Wildman–Crippen MR) is 95.3 cm³/mol. The van der Waals surface area contributed by atoms with Crippen molar-refractivity contribution in [3.8, 4) is 5.75 Å². The summed E-state index contributed by atoms with van der Waals surface area (Å²) < 4.78 is 6.76. The standard InChI is InChI=1S/C19H21N3O3/c1-13(19(24)14-7-9-16(25-2)10-8-14)21-18(23)12-22-17-6-4-3-5-15(17)11-20-22/h3-11,13,19,24H,12H2,1-2H3,(H,21,23). The van der Waals surface area contributed by atoms with Crippen molar-refractivity contribution in [2.75, 3.05) is 7.11 Å². The fourth-order valence-corrected chi connectivity index (χ4v) is 2.76. The molecule has 0 spiro atoms. The zero-order valence-electron chi connectivity index (χ0n) is 14.2. The maximum Gasteiger partial charge on any atom is 0.242 e. The molecular weight excluding hydrogens is 318 g/mol. The number of hydrogen-bond acceptors (Lipinski definition) is 4. The highest BCUT2D eigenvalue weighted by Crippen LogP contribution is 2.20. The topological polar surface area (TPSA) is 76.4 Å². The molecule has 0 aliphatic heterocycles. The molecule has 25 heavy (non-hydrogen) atoms. The molecular formula is C19H21N3O3. The fraction of sp³-hybridized carbons (Fsp3) is 0.263. The summed E-state index contributed by atoms with van der Waals surface area (Å²) in [6.07, 6.45) is 0.933. The van der Waals surface area contributed by atoms with E-state index in [4.69, 9.17) is 4.74 Å². The number of hydrogen-bond donors (Lipinski definition) is 2. The molecule has 6 heteroatoms. The molecule has 1 heterocycles. The summed E-state index contributed by atoms with van der Waals surface area (Å²) in [7, 11) is 1.59. The number of nitrogens with zero attached hydrogens (tertiary/aromatic N) is 2. The van der Waals surface area contributed by atoms with Gasteiger partial charge >= 0.3 is 0 Å². The lowest BCUT2D eigenvalue weighted by molar-refractivity contribution is -0.123. The van der Waals surface area contributed by atoms with E-state index in [0.29, 0.717) is 0 Å². The Labute approximate surface area is 146 Å². The van der Waals surface area contributed by atoms with E-state index in [1.54, 1.807) is 49.2 Å². The van der Waals surface area contributed by atoms with Crippen LogP contribution in [0, 0.1) is 0 Å². The van der Waals surface area contributed by atoms with E-state index in [-0.39, 0.29) is 12.5 Å². The molecule has 2 atom stereocenters. The van der Waals surface area contributed by atoms with Crippen LogP contribution in [0.15, 0.2) is 54.7 Å². The van der Waals surface area contributed by atoms with Crippen molar-refractivity contribution in [2.45, 2.75) is 25.6 Å². The minimum atomic E-state index is -0.802. The second-order valence-corrected chi connectivity index (χ2v) is 5.94. The third-order valence-corrected chi connectivity index (χ3v) is 4.16. The van der Waals surface area contributed by atoms with Gasteiger partial charge in [0.15, 0.2) is 0 Å². The van der Waals surface area contributed by atoms with Crippen LogP contribution in [0.3, 0.4) is 0 Å². The van der Waals surface area contributed by atoms with Gasteiger partial charge in [0, 0.05) is 5.39 Å². The van der Waals surface area contributed by atoms with E-state index in [9.17, 15) is 9.90 Å². The van der Waals surface area contributed by atoms with E-state index < -0.39 is 12.1 Å². The number of para-hydroxylation sites is 1. The number of benzene rings is 2. The van der Waals surface area contributed by atoms with Gasteiger partial charge in [-0.2, -0.15) is 5.10 Å². The van der Waals surface area contributed by atoms with E-state index in [1.165, 1.54) is 0 Å². The highest BCUT2D eigenvalue weighted by atomic mass is 16.5. The van der Waals surface area contributed by atoms with Crippen molar-refractivity contribution in [3.05, 3.63) is 60.3 Å². The molecule has 0 saturated heterocycles. The molecule has 0 aliphatic rings. The van der Waals surface area contributed by atoms with Gasteiger partial charge in [0.25, 0.3) is 0 Å². The summed E-state index contributed by atoms with van der Waals surface area (Å²) in [5, 5.41) is 18.5. The SMILES string of the molecule is COc1ccc(C(O)C(C)NC(=O)Cn2ncc3ccccc32)cc1. The molecule has 2 aromatic carbocycles. The number of methoxy groups -OCH3 is 1. The number of fused-ring (bicyclic) bond motifs is 1. The molecule has 130 valence electrons. The molecule has 0 radical (unpaired) electrons. The van der Waals surface area contributed by atoms with Crippen molar-refractivity contribution in [1.82, 2.24) is 15.1 Å². The summed E-state index contributed by atoms with van der Waals surface area (Å²) in [5.74, 6) is 0.520. The number of nitrogens with one attached hydrogen (secondary N) is 1. The molecule has 3 rings (SSSR count). The molecule has 2 N–H and O–H groups in total. The first-order chi connectivity index (χ1) is 12.1. The van der Waals surface area contributed by atoms with E-state index in [1.807, 2.05) is 24.3 Å². The molecule has 1 aromatic heterocycles. The van der Waals surface area contributed by atoms with Crippen LogP contribution in [0.2, 0.25) is 0 Å². The average Bonchev–Trinajstić information content (AvgIpc) is 3.04. The summed E-state index contributed by atoms with van der Waals surface area (Å²) in [6.45, 7) is 1.88. The average molecular weight is 339 g/mol. The van der Waals surface area contributed by atoms with Gasteiger partial charge in [0.2, 0.25) is 5.91 Å². The molecule has 6 nitrogen and oxygen atoms in total. The summed E-state index contributed by atoms with van der Waals surface area (Å²) >= 11 is 0. The van der Waals surface area contributed by atoms with Gasteiger partial charge in [-0.15, -0.1) is 0 Å². The van der Waals surface area contributed by atoms with E-state index >= 15 is 0 Å². The Morgan fingerprint density at radius 1 is 1.24 bits per heavy atom. The first kappa shape index (κ1) is 17.0. The van der Waals surface area contributed by atoms with Crippen LogP contribution in [-0.2, 0) is 11.3 Å². The number of rotatable bonds is 6. The second-order valence-electron chi connectivity index (χ2n) is 5.94. The Morgan fingerprint density at radius 2 is 1.96 bits per heavy atom. The molecule has 0 fully saturated rings. The maximum absolute atomic E-state index is 12.3. The predicted octanol–water partition coefficient (Wildman–Crippen LogP) is 2.28. The summed E-state index contributed by atoms with van der Waals surface area (Å²) in [5.41, 5.74) is 1.62. The van der Waals surface area contributed by atoms with Gasteiger partial charge in [0.05, 0.1) is 31.0 Å². The molecule has 1 amide bonds. The number of aromatic nitrogens is 2. The lowest BCUT2D eigenvalue weighted by Gasteiger charge is -2.21. The quantitative estimate of drug-likeness (QED) is 0.722. The lowest BCUT2D eigenvalue weighted by Crippen LogP contribution is -2.39. The van der Waals surface area contributed by atoms with Gasteiger partial charge < -0.3 is 15.2 Å². The largest absolute Gasteiger partial charge is 0.497 e. The molecule has 0 aliphatic carbocycles. The fourth-order valence-electron chi connectivity index (χ4n) is 2.76. The lowest BCUT2D eigenvalue weighted by atomic mass is 10.0. The third kappa shape index (κ3) is 3.80. The van der Waals surface area contributed by atoms with Crippen LogP contribution >= 0.6 is 0 Å². The highest BCUT2D eigenvalue weighted by molar-refractivity contribution is 5.82. The number of aliphatic hydroxyl groups is 1. The van der Waals surface area contributed by atoms with Crippen molar-refractivity contribution >= 4 is 16.8 Å². The van der Waals surface area contributed by atoms with Crippen molar-refractivity contribution in [3.63, 3.8) is 0 Å². The summed E-state index contributed by atoms with van der Waals surface area (Å²) in [4.78, 5) is 12.3. The van der Waals surface area contributed by atoms with Gasteiger partial charge in [-0.25, -0.2) is 0 Å². The Balaban J connectivity index is 1.63. The monoisotopic (exact) mass is 339 g/mol. The van der Waals surface area contributed by atoms with Gasteiger partial charge in [-0.3, -0.25) is 9.48 Å². The van der Waals surface area contributed by atoms with Crippen LogP contribution in [0.1, 0.15) is 18.6 Å². The zero-order chi connectivity index (χ0) is 17.8. The number of aliphatic hydroxyl groups excluding tert-OH is 1. The van der Waals surface area contributed by atoms with Gasteiger partial charge in [-0.1, -0.05) is 30.3 Å². The number of ether oxygens (including phenoxy) is 1. The highest BCUT2D eigenvalue weighted by Gasteiger charge is 2.19. The van der Waals surface area contributed by atoms with E-state index in [2.05, 4.69) is 10.4 Å². The third-order valence-electron chi connectivity index (χ3n) is 4.16. The first-order valence-electron chi connectivity index (χ1n) is 8.10. The van der Waals surface area contributed by atoms with Crippen LogP contribution < -0.4 is 10.1 Å². The summed E-state index contributed by atoms with van der Waals surface area (Å²) in [6, 6.07) is 14.4. The second kappa shape index (κ2) is 7.36. The van der Waals surface area contributed by atoms with Crippen LogP contribution in [0.4, 0.5) is 0 Å². The van der Waals surface area contributed by atoms with Crippen LogP contribution in [0.5, 0.6) is 5.75 Å². The molecule has 0 bridgehead atoms. The molecule has 2 unspecified atom stereocenters. The molecule has 0 saturated carbocycles. The maximum atomic E-state index is 12.3.